The molecule has 0 atom stereocenters. The van der Waals surface area contributed by atoms with Crippen LogP contribution in [0.25, 0.3) is 0 Å². The van der Waals surface area contributed by atoms with Gasteiger partial charge in [0, 0.05) is 25.7 Å². The second kappa shape index (κ2) is 5.67. The van der Waals surface area contributed by atoms with Crippen LogP contribution >= 0.6 is 0 Å². The molecule has 1 aliphatic heterocycles. The minimum Gasteiger partial charge on any atom is -0.371 e. The number of rotatable bonds is 6. The highest BCUT2D eigenvalue weighted by Gasteiger charge is 2.28. The van der Waals surface area contributed by atoms with Crippen LogP contribution in [0, 0.1) is 0 Å². The van der Waals surface area contributed by atoms with Crippen molar-refractivity contribution in [1.29, 1.82) is 0 Å². The van der Waals surface area contributed by atoms with Crippen molar-refractivity contribution in [2.24, 2.45) is 0 Å². The number of ether oxygens (including phenoxy) is 1. The van der Waals surface area contributed by atoms with Crippen LogP contribution in [0.5, 0.6) is 0 Å². The fraction of sp³-hybridized carbons (Fsp3) is 1.00. The number of alkyl halides is 3. The Balaban J connectivity index is 2.07. The molecule has 0 aromatic heterocycles. The van der Waals surface area contributed by atoms with Gasteiger partial charge in [-0.05, 0) is 6.54 Å². The molecule has 0 aromatic rings. The average molecular weight is 226 g/mol. The van der Waals surface area contributed by atoms with E-state index in [1.54, 1.807) is 0 Å². The van der Waals surface area contributed by atoms with E-state index in [4.69, 9.17) is 0 Å². The van der Waals surface area contributed by atoms with Crippen molar-refractivity contribution in [2.75, 3.05) is 39.4 Å². The van der Waals surface area contributed by atoms with Crippen LogP contribution < -0.4 is 5.32 Å². The van der Waals surface area contributed by atoms with Crippen LogP contribution in [0.15, 0.2) is 0 Å². The monoisotopic (exact) mass is 226 g/mol. The lowest BCUT2D eigenvalue weighted by atomic mass is 10.1. The minimum absolute atomic E-state index is 0.143. The topological polar surface area (TPSA) is 24.5 Å². The predicted molar refractivity (Wildman–Crippen MR) is 50.8 cm³/mol. The summed E-state index contributed by atoms with van der Waals surface area (Å²) in [6.45, 7) is 4.26. The summed E-state index contributed by atoms with van der Waals surface area (Å²) in [7, 11) is 0. The summed E-state index contributed by atoms with van der Waals surface area (Å²) < 4.78 is 39.8. The molecule has 0 unspecified atom stereocenters. The number of halogens is 3. The molecule has 0 bridgehead atoms. The predicted octanol–water partition coefficient (Wildman–Crippen LogP) is 0.859. The quantitative estimate of drug-likeness (QED) is 0.680. The van der Waals surface area contributed by atoms with Crippen molar-refractivity contribution in [3.05, 3.63) is 0 Å². The number of nitrogens with zero attached hydrogens (tertiary/aromatic N) is 1. The summed E-state index contributed by atoms with van der Waals surface area (Å²) in [4.78, 5) is 2.13. The van der Waals surface area contributed by atoms with Crippen molar-refractivity contribution in [3.63, 3.8) is 0 Å². The van der Waals surface area contributed by atoms with Gasteiger partial charge in [-0.3, -0.25) is 4.90 Å². The molecule has 6 heteroatoms. The van der Waals surface area contributed by atoms with Crippen molar-refractivity contribution < 1.29 is 17.9 Å². The summed E-state index contributed by atoms with van der Waals surface area (Å²) in [6.07, 6.45) is -4.21. The van der Waals surface area contributed by atoms with Gasteiger partial charge in [0.05, 0.1) is 6.61 Å². The fourth-order valence-corrected chi connectivity index (χ4v) is 1.50. The zero-order valence-electron chi connectivity index (χ0n) is 8.81. The lowest BCUT2D eigenvalue weighted by molar-refractivity contribution is -0.174. The number of nitrogens with one attached hydrogen (secondary N) is 1. The summed E-state index contributed by atoms with van der Waals surface area (Å²) in [5.41, 5.74) is 0. The Bertz CT molecular complexity index is 183. The highest BCUT2D eigenvalue weighted by atomic mass is 19.4. The Kier molecular flexibility index (Phi) is 4.82. The number of hydrogen-bond donors (Lipinski definition) is 1. The Morgan fingerprint density at radius 1 is 1.40 bits per heavy atom. The Hall–Kier alpha value is -0.330. The normalized spacial score (nSPS) is 18.2. The standard InChI is InChI=1S/C9H17F3N2O/c1-2-14(8-5-13-6-8)3-4-15-7-9(10,11)12/h8,13H,2-7H2,1H3. The SMILES string of the molecule is CCN(CCOCC(F)(F)F)C1CNC1. The van der Waals surface area contributed by atoms with Crippen molar-refractivity contribution >= 4 is 0 Å². The van der Waals surface area contributed by atoms with Gasteiger partial charge in [0.1, 0.15) is 6.61 Å². The molecule has 3 nitrogen and oxygen atoms in total. The molecule has 1 N–H and O–H groups in total. The van der Waals surface area contributed by atoms with Gasteiger partial charge < -0.3 is 10.1 Å². The third-order valence-corrected chi connectivity index (χ3v) is 2.47. The summed E-state index contributed by atoms with van der Waals surface area (Å²) in [6, 6.07) is 0.462. The molecule has 15 heavy (non-hydrogen) atoms. The van der Waals surface area contributed by atoms with E-state index >= 15 is 0 Å². The van der Waals surface area contributed by atoms with Gasteiger partial charge in [0.15, 0.2) is 0 Å². The van der Waals surface area contributed by atoms with Crippen LogP contribution in [0.2, 0.25) is 0 Å². The molecule has 0 spiro atoms. The van der Waals surface area contributed by atoms with Gasteiger partial charge in [-0.25, -0.2) is 0 Å². The fourth-order valence-electron chi connectivity index (χ4n) is 1.50. The molecule has 90 valence electrons. The Morgan fingerprint density at radius 2 is 2.07 bits per heavy atom. The van der Waals surface area contributed by atoms with Crippen LogP contribution in [0.3, 0.4) is 0 Å². The first-order chi connectivity index (χ1) is 7.03. The molecule has 0 amide bonds. The van der Waals surface area contributed by atoms with Gasteiger partial charge in [-0.2, -0.15) is 13.2 Å². The number of likely N-dealkylation sites (N-methyl/N-ethyl adjacent to an activating group) is 1. The zero-order valence-corrected chi connectivity index (χ0v) is 8.81. The third-order valence-electron chi connectivity index (χ3n) is 2.47. The Labute approximate surface area is 87.6 Å². The summed E-state index contributed by atoms with van der Waals surface area (Å²) >= 11 is 0. The molecule has 1 rings (SSSR count). The molecule has 0 aliphatic carbocycles. The lowest BCUT2D eigenvalue weighted by Gasteiger charge is -2.37. The van der Waals surface area contributed by atoms with E-state index in [9.17, 15) is 13.2 Å². The molecule has 1 heterocycles. The van der Waals surface area contributed by atoms with E-state index in [1.807, 2.05) is 6.92 Å². The molecule has 0 aromatic carbocycles. The van der Waals surface area contributed by atoms with Gasteiger partial charge in [0.25, 0.3) is 0 Å². The van der Waals surface area contributed by atoms with E-state index in [0.29, 0.717) is 12.6 Å². The van der Waals surface area contributed by atoms with E-state index in [-0.39, 0.29) is 6.61 Å². The minimum atomic E-state index is -4.21. The largest absolute Gasteiger partial charge is 0.411 e. The van der Waals surface area contributed by atoms with Crippen LogP contribution in [-0.2, 0) is 4.74 Å². The van der Waals surface area contributed by atoms with Crippen LogP contribution in [-0.4, -0.2) is 56.5 Å². The maximum Gasteiger partial charge on any atom is 0.411 e. The summed E-state index contributed by atoms with van der Waals surface area (Å²) in [5.74, 6) is 0. The Morgan fingerprint density at radius 3 is 2.47 bits per heavy atom. The highest BCUT2D eigenvalue weighted by molar-refractivity contribution is 4.83. The second-order valence-corrected chi connectivity index (χ2v) is 3.61. The van der Waals surface area contributed by atoms with E-state index in [2.05, 4.69) is 15.0 Å². The van der Waals surface area contributed by atoms with Gasteiger partial charge >= 0.3 is 6.18 Å². The van der Waals surface area contributed by atoms with Gasteiger partial charge in [-0.15, -0.1) is 0 Å². The van der Waals surface area contributed by atoms with E-state index < -0.39 is 12.8 Å². The molecule has 1 fully saturated rings. The smallest absolute Gasteiger partial charge is 0.371 e. The maximum absolute atomic E-state index is 11.7. The average Bonchev–Trinajstić information content (AvgIpc) is 2.05. The van der Waals surface area contributed by atoms with Crippen LogP contribution in [0.4, 0.5) is 13.2 Å². The van der Waals surface area contributed by atoms with Crippen LogP contribution in [0.1, 0.15) is 6.92 Å². The van der Waals surface area contributed by atoms with Crippen molar-refractivity contribution in [1.82, 2.24) is 10.2 Å². The third kappa shape index (κ3) is 4.81. The van der Waals surface area contributed by atoms with Gasteiger partial charge in [-0.1, -0.05) is 6.92 Å². The number of hydrogen-bond acceptors (Lipinski definition) is 3. The second-order valence-electron chi connectivity index (χ2n) is 3.61. The van der Waals surface area contributed by atoms with Crippen molar-refractivity contribution in [3.8, 4) is 0 Å². The molecular weight excluding hydrogens is 209 g/mol. The lowest BCUT2D eigenvalue weighted by Crippen LogP contribution is -2.57. The summed E-state index contributed by atoms with van der Waals surface area (Å²) in [5, 5.41) is 3.13. The maximum atomic E-state index is 11.7. The molecule has 0 radical (unpaired) electrons. The first-order valence-corrected chi connectivity index (χ1v) is 5.12. The molecule has 0 saturated carbocycles. The zero-order chi connectivity index (χ0) is 11.3. The van der Waals surface area contributed by atoms with Crippen molar-refractivity contribution in [2.45, 2.75) is 19.1 Å². The first kappa shape index (κ1) is 12.7. The first-order valence-electron chi connectivity index (χ1n) is 5.12. The molecular formula is C9H17F3N2O. The molecule has 1 saturated heterocycles. The van der Waals surface area contributed by atoms with E-state index in [1.165, 1.54) is 0 Å². The highest BCUT2D eigenvalue weighted by Crippen LogP contribution is 2.14. The molecule has 1 aliphatic rings. The van der Waals surface area contributed by atoms with E-state index in [0.717, 1.165) is 19.6 Å². The van der Waals surface area contributed by atoms with Gasteiger partial charge in [0.2, 0.25) is 0 Å².